The summed E-state index contributed by atoms with van der Waals surface area (Å²) in [6.45, 7) is 0.593. The Morgan fingerprint density at radius 2 is 2.35 bits per heavy atom. The van der Waals surface area contributed by atoms with E-state index in [-0.39, 0.29) is 0 Å². The normalized spacial score (nSPS) is 21.8. The molecular weight excluding hydrogens is 218 g/mol. The van der Waals surface area contributed by atoms with Crippen LogP contribution in [0.1, 0.15) is 18.4 Å². The molecule has 0 unspecified atom stereocenters. The summed E-state index contributed by atoms with van der Waals surface area (Å²) >= 11 is 0. The van der Waals surface area contributed by atoms with Gasteiger partial charge >= 0.3 is 5.97 Å². The number of nitrogens with two attached hydrogens (primary N) is 1. The van der Waals surface area contributed by atoms with Crippen LogP contribution in [0.15, 0.2) is 23.2 Å². The minimum Gasteiger partial charge on any atom is -0.480 e. The summed E-state index contributed by atoms with van der Waals surface area (Å²) in [5.41, 5.74) is 8.33. The van der Waals surface area contributed by atoms with E-state index in [1.54, 1.807) is 0 Å². The van der Waals surface area contributed by atoms with Crippen molar-refractivity contribution in [3.63, 3.8) is 0 Å². The number of fused-ring (bicyclic) bond motifs is 2. The van der Waals surface area contributed by atoms with E-state index < -0.39 is 12.0 Å². The molecule has 0 radical (unpaired) electrons. The molecule has 0 spiro atoms. The second kappa shape index (κ2) is 3.48. The average molecular weight is 231 g/mol. The molecule has 5 nitrogen and oxygen atoms in total. The van der Waals surface area contributed by atoms with Gasteiger partial charge in [0, 0.05) is 18.7 Å². The van der Waals surface area contributed by atoms with E-state index in [0.717, 1.165) is 23.5 Å². The summed E-state index contributed by atoms with van der Waals surface area (Å²) < 4.78 is 0. The third kappa shape index (κ3) is 1.54. The summed E-state index contributed by atoms with van der Waals surface area (Å²) in [5, 5.41) is 9.13. The molecule has 0 aliphatic carbocycles. The van der Waals surface area contributed by atoms with Gasteiger partial charge in [-0.1, -0.05) is 0 Å². The Hall–Kier alpha value is -2.04. The Morgan fingerprint density at radius 3 is 3.12 bits per heavy atom. The number of anilines is 1. The van der Waals surface area contributed by atoms with Gasteiger partial charge in [0.15, 0.2) is 0 Å². The lowest BCUT2D eigenvalue weighted by atomic mass is 10.1. The van der Waals surface area contributed by atoms with E-state index in [2.05, 4.69) is 4.99 Å². The third-order valence-electron chi connectivity index (χ3n) is 3.33. The Balaban J connectivity index is 2.00. The van der Waals surface area contributed by atoms with E-state index in [0.29, 0.717) is 18.7 Å². The maximum absolute atomic E-state index is 11.1. The van der Waals surface area contributed by atoms with Crippen molar-refractivity contribution in [3.05, 3.63) is 23.8 Å². The molecule has 0 amide bonds. The number of carbonyl (C=O) groups is 1. The van der Waals surface area contributed by atoms with Gasteiger partial charge in [-0.3, -0.25) is 0 Å². The second-order valence-electron chi connectivity index (χ2n) is 4.44. The smallest absolute Gasteiger partial charge is 0.326 e. The van der Waals surface area contributed by atoms with Gasteiger partial charge < -0.3 is 15.7 Å². The first kappa shape index (κ1) is 10.1. The van der Waals surface area contributed by atoms with Crippen LogP contribution in [0.4, 0.5) is 11.4 Å². The first-order valence-corrected chi connectivity index (χ1v) is 5.60. The van der Waals surface area contributed by atoms with Gasteiger partial charge in [0.25, 0.3) is 0 Å². The summed E-state index contributed by atoms with van der Waals surface area (Å²) in [7, 11) is 0. The summed E-state index contributed by atoms with van der Waals surface area (Å²) in [6.07, 6.45) is 1.37. The molecule has 3 rings (SSSR count). The highest BCUT2D eigenvalue weighted by Crippen LogP contribution is 2.34. The number of nitrogens with zero attached hydrogens (tertiary/aromatic N) is 2. The van der Waals surface area contributed by atoms with Crippen LogP contribution in [0.5, 0.6) is 0 Å². The van der Waals surface area contributed by atoms with E-state index in [1.807, 2.05) is 23.1 Å². The lowest BCUT2D eigenvalue weighted by molar-refractivity contribution is -0.141. The van der Waals surface area contributed by atoms with E-state index in [4.69, 9.17) is 10.8 Å². The monoisotopic (exact) mass is 231 g/mol. The number of carboxylic acid groups (broad SMARTS) is 1. The number of hydrogen-bond acceptors (Lipinski definition) is 4. The maximum atomic E-state index is 11.1. The number of amidine groups is 1. The minimum absolute atomic E-state index is 0.441. The molecular formula is C12H13N3O2. The molecule has 0 bridgehead atoms. The highest BCUT2D eigenvalue weighted by Gasteiger charge is 2.36. The molecule has 2 heterocycles. The standard InChI is InChI=1S/C12H13N3O2/c13-8-1-2-9-7(5-8)6-15-10(12(16)17)3-4-11(15)14-9/h1-2,5,10H,3-4,6,13H2,(H,16,17)/t10-/m1/s1. The first-order chi connectivity index (χ1) is 8.15. The zero-order valence-corrected chi connectivity index (χ0v) is 9.26. The zero-order chi connectivity index (χ0) is 12.0. The van der Waals surface area contributed by atoms with Crippen LogP contribution in [-0.2, 0) is 11.3 Å². The Kier molecular flexibility index (Phi) is 2.07. The van der Waals surface area contributed by atoms with Gasteiger partial charge in [-0.2, -0.15) is 0 Å². The van der Waals surface area contributed by atoms with E-state index >= 15 is 0 Å². The lowest BCUT2D eigenvalue weighted by Gasteiger charge is -2.28. The fourth-order valence-corrected chi connectivity index (χ4v) is 2.49. The van der Waals surface area contributed by atoms with Crippen LogP contribution in [0, 0.1) is 0 Å². The molecule has 0 saturated carbocycles. The number of nitrogen functional groups attached to an aromatic ring is 1. The Labute approximate surface area is 98.6 Å². The molecule has 1 aromatic carbocycles. The van der Waals surface area contributed by atoms with Crippen molar-refractivity contribution in [2.24, 2.45) is 4.99 Å². The van der Waals surface area contributed by atoms with Crippen LogP contribution in [0.3, 0.4) is 0 Å². The van der Waals surface area contributed by atoms with Gasteiger partial charge in [0.1, 0.15) is 11.9 Å². The minimum atomic E-state index is -0.775. The second-order valence-corrected chi connectivity index (χ2v) is 4.44. The lowest BCUT2D eigenvalue weighted by Crippen LogP contribution is -2.39. The Bertz CT molecular complexity index is 524. The fourth-order valence-electron chi connectivity index (χ4n) is 2.49. The predicted octanol–water partition coefficient (Wildman–Crippen LogP) is 1.36. The summed E-state index contributed by atoms with van der Waals surface area (Å²) in [5.74, 6) is 0.109. The quantitative estimate of drug-likeness (QED) is 0.715. The van der Waals surface area contributed by atoms with Crippen molar-refractivity contribution in [1.29, 1.82) is 0 Å². The highest BCUT2D eigenvalue weighted by molar-refractivity contribution is 5.94. The van der Waals surface area contributed by atoms with Crippen molar-refractivity contribution in [3.8, 4) is 0 Å². The maximum Gasteiger partial charge on any atom is 0.326 e. The topological polar surface area (TPSA) is 78.9 Å². The molecule has 1 saturated heterocycles. The molecule has 1 atom stereocenters. The van der Waals surface area contributed by atoms with E-state index in [9.17, 15) is 4.79 Å². The van der Waals surface area contributed by atoms with Gasteiger partial charge in [0.05, 0.1) is 5.69 Å². The van der Waals surface area contributed by atoms with Crippen molar-refractivity contribution in [1.82, 2.24) is 4.90 Å². The van der Waals surface area contributed by atoms with Crippen molar-refractivity contribution in [2.75, 3.05) is 5.73 Å². The fraction of sp³-hybridized carbons (Fsp3) is 0.333. The first-order valence-electron chi connectivity index (χ1n) is 5.60. The van der Waals surface area contributed by atoms with Crippen LogP contribution in [0.25, 0.3) is 0 Å². The third-order valence-corrected chi connectivity index (χ3v) is 3.33. The number of aliphatic imine (C=N–C) groups is 1. The van der Waals surface area contributed by atoms with Gasteiger partial charge in [-0.05, 0) is 30.2 Å². The summed E-state index contributed by atoms with van der Waals surface area (Å²) in [4.78, 5) is 17.5. The number of benzene rings is 1. The molecule has 5 heteroatoms. The van der Waals surface area contributed by atoms with Crippen LogP contribution >= 0.6 is 0 Å². The predicted molar refractivity (Wildman–Crippen MR) is 64.2 cm³/mol. The van der Waals surface area contributed by atoms with Crippen LogP contribution in [0.2, 0.25) is 0 Å². The summed E-state index contributed by atoms with van der Waals surface area (Å²) in [6, 6.07) is 5.14. The molecule has 88 valence electrons. The van der Waals surface area contributed by atoms with Crippen LogP contribution < -0.4 is 5.73 Å². The average Bonchev–Trinajstić information content (AvgIpc) is 2.68. The molecule has 0 aromatic heterocycles. The molecule has 1 aromatic rings. The zero-order valence-electron chi connectivity index (χ0n) is 9.26. The van der Waals surface area contributed by atoms with Crippen molar-refractivity contribution in [2.45, 2.75) is 25.4 Å². The van der Waals surface area contributed by atoms with Gasteiger partial charge in [-0.15, -0.1) is 0 Å². The van der Waals surface area contributed by atoms with Crippen LogP contribution in [-0.4, -0.2) is 27.9 Å². The Morgan fingerprint density at radius 1 is 1.53 bits per heavy atom. The SMILES string of the molecule is Nc1ccc2c(c1)CN1C(=N2)CC[C@@H]1C(=O)O. The molecule has 2 aliphatic rings. The number of carboxylic acids is 1. The molecule has 3 N–H and O–H groups in total. The molecule has 17 heavy (non-hydrogen) atoms. The van der Waals surface area contributed by atoms with Crippen molar-refractivity contribution >= 4 is 23.2 Å². The van der Waals surface area contributed by atoms with Crippen molar-refractivity contribution < 1.29 is 9.90 Å². The highest BCUT2D eigenvalue weighted by atomic mass is 16.4. The van der Waals surface area contributed by atoms with Gasteiger partial charge in [0.2, 0.25) is 0 Å². The number of aliphatic carboxylic acids is 1. The number of rotatable bonds is 1. The van der Waals surface area contributed by atoms with Gasteiger partial charge in [-0.25, -0.2) is 9.79 Å². The largest absolute Gasteiger partial charge is 0.480 e. The number of hydrogen-bond donors (Lipinski definition) is 2. The molecule has 2 aliphatic heterocycles. The molecule has 1 fully saturated rings. The van der Waals surface area contributed by atoms with E-state index in [1.165, 1.54) is 0 Å².